The van der Waals surface area contributed by atoms with Crippen LogP contribution in [-0.4, -0.2) is 43.0 Å². The second-order valence-corrected chi connectivity index (χ2v) is 6.91. The molecule has 1 saturated heterocycles. The number of ether oxygens (including phenoxy) is 2. The Morgan fingerprint density at radius 3 is 2.29 bits per heavy atom. The number of hydrogen-bond donors (Lipinski definition) is 0. The lowest BCUT2D eigenvalue weighted by atomic mass is 10.1. The summed E-state index contributed by atoms with van der Waals surface area (Å²) < 4.78 is 33.5. The first-order chi connectivity index (χ1) is 14.8. The van der Waals surface area contributed by atoms with Crippen LogP contribution in [0.15, 0.2) is 42.5 Å². The largest absolute Gasteiger partial charge is 0.454 e. The number of hydrogen-bond acceptors (Lipinski definition) is 7. The van der Waals surface area contributed by atoms with Crippen LogP contribution in [0.1, 0.15) is 40.0 Å². The number of carbonyl (C=O) groups excluding carboxylic acids is 2. The number of alkyl halides is 2. The molecule has 0 bridgehead atoms. The maximum Gasteiger partial charge on any atom is 0.387 e. The molecule has 0 aromatic heterocycles. The summed E-state index contributed by atoms with van der Waals surface area (Å²) in [5.41, 5.74) is 0.350. The van der Waals surface area contributed by atoms with Gasteiger partial charge in [0.15, 0.2) is 12.4 Å². The zero-order valence-electron chi connectivity index (χ0n) is 16.5. The molecule has 0 saturated carbocycles. The van der Waals surface area contributed by atoms with Crippen molar-refractivity contribution in [2.45, 2.75) is 25.9 Å². The van der Waals surface area contributed by atoms with Gasteiger partial charge in [-0.1, -0.05) is 0 Å². The van der Waals surface area contributed by atoms with Crippen molar-refractivity contribution in [3.8, 4) is 5.75 Å². The molecule has 0 atom stereocenters. The summed E-state index contributed by atoms with van der Waals surface area (Å²) in [5.74, 6) is -1.54. The molecule has 0 spiro atoms. The SMILES string of the molecule is O=C(COC(=O)c1ccc(N2CCCCC2)c([N+](=O)[O-])c1)c1ccc(OC(F)F)cc1. The van der Waals surface area contributed by atoms with Crippen molar-refractivity contribution in [3.05, 3.63) is 63.7 Å². The van der Waals surface area contributed by atoms with E-state index in [2.05, 4.69) is 4.74 Å². The maximum absolute atomic E-state index is 12.3. The van der Waals surface area contributed by atoms with Crippen molar-refractivity contribution in [3.63, 3.8) is 0 Å². The normalized spacial score (nSPS) is 13.7. The van der Waals surface area contributed by atoms with Gasteiger partial charge >= 0.3 is 12.6 Å². The maximum atomic E-state index is 12.3. The van der Waals surface area contributed by atoms with Crippen LogP contribution in [0.3, 0.4) is 0 Å². The predicted molar refractivity (Wildman–Crippen MR) is 107 cm³/mol. The van der Waals surface area contributed by atoms with Crippen molar-refractivity contribution >= 4 is 23.1 Å². The molecule has 0 N–H and O–H groups in total. The minimum absolute atomic E-state index is 0.0408. The molecule has 0 amide bonds. The Kier molecular flexibility index (Phi) is 7.11. The lowest BCUT2D eigenvalue weighted by Crippen LogP contribution is -2.30. The molecule has 0 unspecified atom stereocenters. The van der Waals surface area contributed by atoms with E-state index in [1.807, 2.05) is 4.90 Å². The van der Waals surface area contributed by atoms with Gasteiger partial charge in [-0.3, -0.25) is 14.9 Å². The number of Topliss-reactive ketones (excluding diaryl/α,β-unsaturated/α-hetero) is 1. The summed E-state index contributed by atoms with van der Waals surface area (Å²) in [6.45, 7) is -2.16. The van der Waals surface area contributed by atoms with Gasteiger partial charge in [0.05, 0.1) is 10.5 Å². The molecule has 31 heavy (non-hydrogen) atoms. The van der Waals surface area contributed by atoms with Crippen molar-refractivity contribution in [2.75, 3.05) is 24.6 Å². The van der Waals surface area contributed by atoms with Crippen LogP contribution < -0.4 is 9.64 Å². The quantitative estimate of drug-likeness (QED) is 0.265. The Balaban J connectivity index is 1.65. The smallest absolute Gasteiger partial charge is 0.387 e. The minimum atomic E-state index is -2.98. The number of nitro benzene ring substituents is 1. The number of benzene rings is 2. The fourth-order valence-corrected chi connectivity index (χ4v) is 3.32. The summed E-state index contributed by atoms with van der Waals surface area (Å²) >= 11 is 0. The van der Waals surface area contributed by atoms with Gasteiger partial charge in [-0.05, 0) is 55.7 Å². The monoisotopic (exact) mass is 434 g/mol. The fourth-order valence-electron chi connectivity index (χ4n) is 3.32. The van der Waals surface area contributed by atoms with Gasteiger partial charge < -0.3 is 14.4 Å². The van der Waals surface area contributed by atoms with Crippen LogP contribution in [-0.2, 0) is 4.74 Å². The zero-order chi connectivity index (χ0) is 22.4. The van der Waals surface area contributed by atoms with E-state index in [9.17, 15) is 28.5 Å². The number of ketones is 1. The summed E-state index contributed by atoms with van der Waals surface area (Å²) in [5, 5.41) is 11.5. The number of esters is 1. The predicted octanol–water partition coefficient (Wildman–Crippen LogP) is 4.23. The Morgan fingerprint density at radius 2 is 1.68 bits per heavy atom. The summed E-state index contributed by atoms with van der Waals surface area (Å²) in [6.07, 6.45) is 2.96. The van der Waals surface area contributed by atoms with Gasteiger partial charge in [-0.15, -0.1) is 0 Å². The topological polar surface area (TPSA) is 99.0 Å². The van der Waals surface area contributed by atoms with Gasteiger partial charge in [0.2, 0.25) is 0 Å². The van der Waals surface area contributed by atoms with Gasteiger partial charge in [0.25, 0.3) is 5.69 Å². The van der Waals surface area contributed by atoms with E-state index in [0.717, 1.165) is 25.3 Å². The number of halogens is 2. The molecule has 3 rings (SSSR count). The van der Waals surface area contributed by atoms with Crippen LogP contribution in [0, 0.1) is 10.1 Å². The highest BCUT2D eigenvalue weighted by Crippen LogP contribution is 2.31. The lowest BCUT2D eigenvalue weighted by Gasteiger charge is -2.28. The number of carbonyl (C=O) groups is 2. The third-order valence-corrected chi connectivity index (χ3v) is 4.84. The molecule has 2 aromatic carbocycles. The van der Waals surface area contributed by atoms with Gasteiger partial charge in [0.1, 0.15) is 11.4 Å². The van der Waals surface area contributed by atoms with Crippen molar-refractivity contribution < 1.29 is 32.8 Å². The van der Waals surface area contributed by atoms with Crippen LogP contribution in [0.25, 0.3) is 0 Å². The standard InChI is InChI=1S/C21H20F2N2O6/c22-21(23)31-16-7-4-14(5-8-16)19(26)13-30-20(27)15-6-9-17(18(12-15)25(28)29)24-10-2-1-3-11-24/h4-9,12,21H,1-3,10-11,13H2. The third kappa shape index (κ3) is 5.74. The van der Waals surface area contributed by atoms with E-state index in [0.29, 0.717) is 18.8 Å². The molecule has 1 aliphatic heterocycles. The number of rotatable bonds is 8. The Morgan fingerprint density at radius 1 is 1.03 bits per heavy atom. The van der Waals surface area contributed by atoms with Gasteiger partial charge in [-0.25, -0.2) is 4.79 Å². The van der Waals surface area contributed by atoms with Crippen LogP contribution in [0.4, 0.5) is 20.2 Å². The fraction of sp³-hybridized carbons (Fsp3) is 0.333. The number of nitro groups is 1. The van der Waals surface area contributed by atoms with Gasteiger partial charge in [0, 0.05) is 24.7 Å². The molecular formula is C21H20F2N2O6. The molecule has 0 radical (unpaired) electrons. The van der Waals surface area contributed by atoms with Crippen molar-refractivity contribution in [1.29, 1.82) is 0 Å². The second-order valence-electron chi connectivity index (χ2n) is 6.91. The molecule has 10 heteroatoms. The highest BCUT2D eigenvalue weighted by molar-refractivity contribution is 5.99. The second kappa shape index (κ2) is 9.96. The van der Waals surface area contributed by atoms with Crippen LogP contribution >= 0.6 is 0 Å². The summed E-state index contributed by atoms with van der Waals surface area (Å²) in [4.78, 5) is 37.3. The molecule has 1 fully saturated rings. The van der Waals surface area contributed by atoms with E-state index < -0.39 is 29.9 Å². The number of nitrogens with zero attached hydrogens (tertiary/aromatic N) is 2. The summed E-state index contributed by atoms with van der Waals surface area (Å²) in [7, 11) is 0. The molecule has 2 aromatic rings. The first-order valence-electron chi connectivity index (χ1n) is 9.64. The number of anilines is 1. The minimum Gasteiger partial charge on any atom is -0.454 e. The highest BCUT2D eigenvalue weighted by atomic mass is 19.3. The summed E-state index contributed by atoms with van der Waals surface area (Å²) in [6, 6.07) is 9.03. The van der Waals surface area contributed by atoms with Crippen LogP contribution in [0.2, 0.25) is 0 Å². The molecule has 164 valence electrons. The Hall–Kier alpha value is -3.56. The van der Waals surface area contributed by atoms with E-state index in [1.165, 1.54) is 36.4 Å². The number of piperidine rings is 1. The average molecular weight is 434 g/mol. The van der Waals surface area contributed by atoms with E-state index in [4.69, 9.17) is 4.74 Å². The first-order valence-corrected chi connectivity index (χ1v) is 9.64. The van der Waals surface area contributed by atoms with Crippen LogP contribution in [0.5, 0.6) is 5.75 Å². The first kappa shape index (κ1) is 22.1. The third-order valence-electron chi connectivity index (χ3n) is 4.84. The van der Waals surface area contributed by atoms with Gasteiger partial charge in [-0.2, -0.15) is 8.78 Å². The lowest BCUT2D eigenvalue weighted by molar-refractivity contribution is -0.384. The van der Waals surface area contributed by atoms with Crippen molar-refractivity contribution in [1.82, 2.24) is 0 Å². The molecule has 8 nitrogen and oxygen atoms in total. The molecular weight excluding hydrogens is 414 g/mol. The van der Waals surface area contributed by atoms with E-state index in [1.54, 1.807) is 0 Å². The van der Waals surface area contributed by atoms with Crippen molar-refractivity contribution in [2.24, 2.45) is 0 Å². The molecule has 1 aliphatic rings. The Labute approximate surface area is 176 Å². The van der Waals surface area contributed by atoms with E-state index >= 15 is 0 Å². The highest BCUT2D eigenvalue weighted by Gasteiger charge is 2.24. The molecule has 1 heterocycles. The zero-order valence-corrected chi connectivity index (χ0v) is 16.5. The van der Waals surface area contributed by atoms with E-state index in [-0.39, 0.29) is 22.6 Å². The average Bonchev–Trinajstić information content (AvgIpc) is 2.77. The molecule has 0 aliphatic carbocycles. The Bertz CT molecular complexity index is 959.